The lowest BCUT2D eigenvalue weighted by Crippen LogP contribution is -2.44. The van der Waals surface area contributed by atoms with Gasteiger partial charge < -0.3 is 14.6 Å². The molecule has 1 amide bonds. The van der Waals surface area contributed by atoms with E-state index in [0.29, 0.717) is 13.8 Å². The van der Waals surface area contributed by atoms with Gasteiger partial charge in [-0.25, -0.2) is 17.6 Å². The third-order valence-electron chi connectivity index (χ3n) is 6.42. The highest BCUT2D eigenvalue weighted by molar-refractivity contribution is 7.92. The van der Waals surface area contributed by atoms with Crippen molar-refractivity contribution in [1.29, 1.82) is 0 Å². The highest BCUT2D eigenvalue weighted by atomic mass is 32.2. The lowest BCUT2D eigenvalue weighted by molar-refractivity contribution is -0.242. The number of hydrogen-bond acceptors (Lipinski definition) is 6. The monoisotopic (exact) mass is 574 g/mol. The molecule has 2 N–H and O–H groups in total. The van der Waals surface area contributed by atoms with Crippen molar-refractivity contribution in [2.75, 3.05) is 16.2 Å². The Balaban J connectivity index is 1.67. The van der Waals surface area contributed by atoms with Crippen LogP contribution in [0, 0.1) is 5.82 Å². The quantitative estimate of drug-likeness (QED) is 0.404. The smallest absolute Gasteiger partial charge is 0.427 e. The number of fused-ring (bicyclic) bond motifs is 1. The molecule has 2 aromatic rings. The minimum Gasteiger partial charge on any atom is -0.486 e. The van der Waals surface area contributed by atoms with Crippen LogP contribution in [0.4, 0.5) is 33.7 Å². The van der Waals surface area contributed by atoms with Crippen molar-refractivity contribution in [2.24, 2.45) is 0 Å². The van der Waals surface area contributed by atoms with Gasteiger partial charge in [-0.15, -0.1) is 0 Å². The molecule has 2 aliphatic rings. The number of carbonyl (C=O) groups excluding carboxylic acids is 1. The predicted octanol–water partition coefficient (Wildman–Crippen LogP) is 5.41. The number of benzene rings is 2. The first-order valence-electron chi connectivity index (χ1n) is 12.0. The van der Waals surface area contributed by atoms with Gasteiger partial charge in [0, 0.05) is 12.1 Å². The number of carboxylic acids is 1. The standard InChI is InChI=1S/C25H26F4N2O7S/c1-24(2,25(27,28)29)38-23(34)30-15-5-9-21-20(11-15)31(13-16(37-21)6-10-22(32)33)39(35,36)17-7-8-19(26)18(12-17)14-3-4-14/h5,7-9,11-12,14,16H,3-4,6,10,13H2,1-2H3,(H,30,34)(H,32,33). The van der Waals surface area contributed by atoms with Crippen LogP contribution in [0.25, 0.3) is 0 Å². The van der Waals surface area contributed by atoms with E-state index in [0.717, 1.165) is 29.3 Å². The number of hydrogen-bond donors (Lipinski definition) is 2. The fraction of sp³-hybridized carbons (Fsp3) is 0.440. The van der Waals surface area contributed by atoms with Crippen LogP contribution >= 0.6 is 0 Å². The van der Waals surface area contributed by atoms with E-state index in [1.54, 1.807) is 0 Å². The Bertz CT molecular complexity index is 1390. The topological polar surface area (TPSA) is 122 Å². The molecule has 9 nitrogen and oxygen atoms in total. The number of nitrogens with zero attached hydrogens (tertiary/aromatic N) is 1. The SMILES string of the molecule is CC(C)(OC(=O)Nc1ccc2c(c1)N(S(=O)(=O)c1ccc(F)c(C3CC3)c1)CC(CCC(=O)O)O2)C(F)(F)F. The second kappa shape index (κ2) is 10.2. The number of nitrogens with one attached hydrogen (secondary N) is 1. The molecule has 0 aromatic heterocycles. The van der Waals surface area contributed by atoms with Gasteiger partial charge in [0.1, 0.15) is 17.7 Å². The average molecular weight is 575 g/mol. The van der Waals surface area contributed by atoms with Crippen molar-refractivity contribution in [3.05, 3.63) is 47.8 Å². The zero-order chi connectivity index (χ0) is 28.8. The molecule has 212 valence electrons. The number of amides is 1. The fourth-order valence-corrected chi connectivity index (χ4v) is 5.54. The van der Waals surface area contributed by atoms with Crippen molar-refractivity contribution >= 4 is 33.5 Å². The van der Waals surface area contributed by atoms with E-state index in [2.05, 4.69) is 10.1 Å². The second-order valence-corrected chi connectivity index (χ2v) is 11.7. The molecule has 0 bridgehead atoms. The zero-order valence-corrected chi connectivity index (χ0v) is 21.7. The van der Waals surface area contributed by atoms with E-state index in [4.69, 9.17) is 9.84 Å². The van der Waals surface area contributed by atoms with Crippen molar-refractivity contribution in [3.8, 4) is 5.75 Å². The number of carbonyl (C=O) groups is 2. The molecular formula is C25H26F4N2O7S. The number of carboxylic acid groups (broad SMARTS) is 1. The van der Waals surface area contributed by atoms with Crippen molar-refractivity contribution < 1.29 is 50.1 Å². The van der Waals surface area contributed by atoms with E-state index in [1.165, 1.54) is 24.3 Å². The summed E-state index contributed by atoms with van der Waals surface area (Å²) in [5, 5.41) is 11.2. The van der Waals surface area contributed by atoms with Gasteiger partial charge in [-0.1, -0.05) is 0 Å². The highest BCUT2D eigenvalue weighted by Gasteiger charge is 2.51. The molecule has 39 heavy (non-hydrogen) atoms. The number of sulfonamides is 1. The summed E-state index contributed by atoms with van der Waals surface area (Å²) in [5.74, 6) is -1.67. The third kappa shape index (κ3) is 6.21. The number of alkyl halides is 3. The summed E-state index contributed by atoms with van der Waals surface area (Å²) in [6, 6.07) is 7.22. The Morgan fingerprint density at radius 3 is 2.46 bits per heavy atom. The molecule has 1 aliphatic carbocycles. The molecule has 1 saturated carbocycles. The molecule has 0 saturated heterocycles. The molecule has 1 heterocycles. The maximum absolute atomic E-state index is 14.3. The van der Waals surface area contributed by atoms with Crippen LogP contribution in [0.5, 0.6) is 5.75 Å². The summed E-state index contributed by atoms with van der Waals surface area (Å²) in [6.07, 6.45) is -5.95. The summed E-state index contributed by atoms with van der Waals surface area (Å²) in [6.45, 7) is 1.06. The lowest BCUT2D eigenvalue weighted by atomic mass is 10.1. The first-order chi connectivity index (χ1) is 18.1. The van der Waals surface area contributed by atoms with Crippen molar-refractivity contribution in [2.45, 2.75) is 68.2 Å². The largest absolute Gasteiger partial charge is 0.486 e. The van der Waals surface area contributed by atoms with Gasteiger partial charge in [-0.3, -0.25) is 14.4 Å². The minimum absolute atomic E-state index is 0.0175. The summed E-state index contributed by atoms with van der Waals surface area (Å²) >= 11 is 0. The van der Waals surface area contributed by atoms with E-state index in [-0.39, 0.29) is 52.9 Å². The van der Waals surface area contributed by atoms with Crippen LogP contribution < -0.4 is 14.4 Å². The number of ether oxygens (including phenoxy) is 2. The van der Waals surface area contributed by atoms with Crippen LogP contribution in [0.1, 0.15) is 51.0 Å². The molecule has 0 spiro atoms. The molecule has 1 aliphatic heterocycles. The zero-order valence-electron chi connectivity index (χ0n) is 20.9. The van der Waals surface area contributed by atoms with E-state index >= 15 is 0 Å². The Morgan fingerprint density at radius 2 is 1.85 bits per heavy atom. The van der Waals surface area contributed by atoms with Gasteiger partial charge in [0.15, 0.2) is 0 Å². The lowest BCUT2D eigenvalue weighted by Gasteiger charge is -2.36. The number of halogens is 4. The predicted molar refractivity (Wildman–Crippen MR) is 131 cm³/mol. The van der Waals surface area contributed by atoms with E-state index < -0.39 is 45.8 Å². The number of rotatable bonds is 8. The average Bonchev–Trinajstić information content (AvgIpc) is 3.66. The van der Waals surface area contributed by atoms with Crippen LogP contribution in [-0.2, 0) is 19.6 Å². The van der Waals surface area contributed by atoms with Crippen molar-refractivity contribution in [1.82, 2.24) is 0 Å². The molecule has 4 rings (SSSR count). The molecular weight excluding hydrogens is 548 g/mol. The molecule has 1 atom stereocenters. The van der Waals surface area contributed by atoms with Crippen LogP contribution in [0.3, 0.4) is 0 Å². The van der Waals surface area contributed by atoms with Gasteiger partial charge >= 0.3 is 18.2 Å². The summed E-state index contributed by atoms with van der Waals surface area (Å²) in [4.78, 5) is 23.1. The Kier molecular flexibility index (Phi) is 7.45. The second-order valence-electron chi connectivity index (χ2n) is 9.87. The normalized spacial score (nSPS) is 17.7. The minimum atomic E-state index is -4.83. The van der Waals surface area contributed by atoms with Crippen molar-refractivity contribution in [3.63, 3.8) is 0 Å². The first kappa shape index (κ1) is 28.5. The van der Waals surface area contributed by atoms with E-state index in [9.17, 15) is 35.6 Å². The Hall–Kier alpha value is -3.55. The number of aliphatic carboxylic acids is 1. The van der Waals surface area contributed by atoms with Gasteiger partial charge in [0.25, 0.3) is 10.0 Å². The third-order valence-corrected chi connectivity index (χ3v) is 8.20. The van der Waals surface area contributed by atoms with Crippen LogP contribution in [-0.4, -0.2) is 50.0 Å². The van der Waals surface area contributed by atoms with Gasteiger partial charge in [-0.2, -0.15) is 13.2 Å². The van der Waals surface area contributed by atoms with Gasteiger partial charge in [-0.05, 0) is 81.0 Å². The molecule has 1 unspecified atom stereocenters. The van der Waals surface area contributed by atoms with Crippen LogP contribution in [0.15, 0.2) is 41.3 Å². The molecule has 2 aromatic carbocycles. The Morgan fingerprint density at radius 1 is 1.15 bits per heavy atom. The maximum atomic E-state index is 14.3. The van der Waals surface area contributed by atoms with Crippen LogP contribution in [0.2, 0.25) is 0 Å². The highest BCUT2D eigenvalue weighted by Crippen LogP contribution is 2.44. The summed E-state index contributed by atoms with van der Waals surface area (Å²) in [5.41, 5.74) is -2.64. The molecule has 1 fully saturated rings. The fourth-order valence-electron chi connectivity index (χ4n) is 4.00. The van der Waals surface area contributed by atoms with Gasteiger partial charge in [0.05, 0.1) is 17.1 Å². The van der Waals surface area contributed by atoms with Gasteiger partial charge in [0.2, 0.25) is 5.60 Å². The maximum Gasteiger partial charge on any atom is 0.427 e. The van der Waals surface area contributed by atoms with E-state index in [1.807, 2.05) is 0 Å². The first-order valence-corrected chi connectivity index (χ1v) is 13.4. The molecule has 0 radical (unpaired) electrons. The molecule has 14 heteroatoms. The number of anilines is 2. The Labute approximate surface area is 221 Å². The summed E-state index contributed by atoms with van der Waals surface area (Å²) in [7, 11) is -4.34. The summed E-state index contributed by atoms with van der Waals surface area (Å²) < 4.78 is 92.4.